The van der Waals surface area contributed by atoms with E-state index in [1.807, 2.05) is 24.3 Å². The number of anilines is 1. The molecule has 144 valence electrons. The third kappa shape index (κ3) is 5.93. The van der Waals surface area contributed by atoms with Crippen molar-refractivity contribution in [3.63, 3.8) is 0 Å². The van der Waals surface area contributed by atoms with Crippen LogP contribution in [0.5, 0.6) is 5.75 Å². The largest absolute Gasteiger partial charge is 0.495 e. The van der Waals surface area contributed by atoms with Gasteiger partial charge in [0.1, 0.15) is 5.75 Å². The summed E-state index contributed by atoms with van der Waals surface area (Å²) in [6.45, 7) is 4.59. The van der Waals surface area contributed by atoms with Gasteiger partial charge in [0.05, 0.1) is 19.2 Å². The molecule has 6 nitrogen and oxygen atoms in total. The van der Waals surface area contributed by atoms with Crippen molar-refractivity contribution in [2.24, 2.45) is 11.8 Å². The van der Waals surface area contributed by atoms with Gasteiger partial charge in [-0.15, -0.1) is 0 Å². The van der Waals surface area contributed by atoms with Crippen LogP contribution in [0.2, 0.25) is 0 Å². The Morgan fingerprint density at radius 3 is 2.73 bits per heavy atom. The molecule has 1 aromatic rings. The third-order valence-corrected chi connectivity index (χ3v) is 5.17. The van der Waals surface area contributed by atoms with E-state index in [9.17, 15) is 9.59 Å². The number of rotatable bonds is 8. The lowest BCUT2D eigenvalue weighted by Crippen LogP contribution is -2.45. The zero-order valence-corrected chi connectivity index (χ0v) is 15.9. The Morgan fingerprint density at radius 1 is 1.19 bits per heavy atom. The van der Waals surface area contributed by atoms with E-state index in [0.717, 1.165) is 24.3 Å². The first-order chi connectivity index (χ1) is 12.5. The number of para-hydroxylation sites is 2. The molecule has 1 fully saturated rings. The van der Waals surface area contributed by atoms with Crippen LogP contribution in [0.1, 0.15) is 39.5 Å². The Labute approximate surface area is 155 Å². The molecular weight excluding hydrogens is 332 g/mol. The first-order valence-corrected chi connectivity index (χ1v) is 9.33. The summed E-state index contributed by atoms with van der Waals surface area (Å²) in [5.41, 5.74) is 0.820. The van der Waals surface area contributed by atoms with Gasteiger partial charge in [0.25, 0.3) is 5.91 Å². The Hall–Kier alpha value is -2.24. The van der Waals surface area contributed by atoms with Crippen LogP contribution in [0.3, 0.4) is 0 Å². The molecule has 2 N–H and O–H groups in total. The molecule has 0 unspecified atom stereocenters. The molecule has 6 heteroatoms. The van der Waals surface area contributed by atoms with Crippen molar-refractivity contribution in [3.8, 4) is 5.75 Å². The van der Waals surface area contributed by atoms with Gasteiger partial charge >= 0.3 is 5.97 Å². The van der Waals surface area contributed by atoms with Crippen LogP contribution >= 0.6 is 0 Å². The van der Waals surface area contributed by atoms with E-state index >= 15 is 0 Å². The summed E-state index contributed by atoms with van der Waals surface area (Å²) in [4.78, 5) is 23.9. The van der Waals surface area contributed by atoms with Crippen LogP contribution in [0.15, 0.2) is 24.3 Å². The van der Waals surface area contributed by atoms with Gasteiger partial charge in [0.15, 0.2) is 6.61 Å². The summed E-state index contributed by atoms with van der Waals surface area (Å²) in [5, 5.41) is 6.14. The second-order valence-corrected chi connectivity index (χ2v) is 6.98. The predicted octanol–water partition coefficient (Wildman–Crippen LogP) is 2.98. The molecule has 0 bridgehead atoms. The standard InChI is InChI=1S/C20H30N2O4/c1-14-7-6-9-16(15(14)2)22-19(23)13-26-20(24)11-12-21-17-8-4-5-10-18(17)25-3/h4-5,8,10,14-16,21H,6-7,9,11-13H2,1-3H3,(H,22,23)/t14-,15-,16+/m1/s1. The number of esters is 1. The van der Waals surface area contributed by atoms with Crippen molar-refractivity contribution in [1.82, 2.24) is 5.32 Å². The maximum Gasteiger partial charge on any atom is 0.308 e. The fourth-order valence-electron chi connectivity index (χ4n) is 3.34. The van der Waals surface area contributed by atoms with Crippen molar-refractivity contribution in [2.75, 3.05) is 25.6 Å². The molecule has 1 aliphatic carbocycles. The fraction of sp³-hybridized carbons (Fsp3) is 0.600. The molecule has 0 saturated heterocycles. The van der Waals surface area contributed by atoms with E-state index in [1.165, 1.54) is 6.42 Å². The number of amides is 1. The zero-order valence-electron chi connectivity index (χ0n) is 15.9. The molecule has 2 rings (SSSR count). The number of hydrogen-bond donors (Lipinski definition) is 2. The van der Waals surface area contributed by atoms with Crippen LogP contribution in [-0.2, 0) is 14.3 Å². The number of nitrogens with one attached hydrogen (secondary N) is 2. The van der Waals surface area contributed by atoms with Gasteiger partial charge in [0, 0.05) is 12.6 Å². The van der Waals surface area contributed by atoms with E-state index in [4.69, 9.17) is 9.47 Å². The molecule has 1 aliphatic rings. The highest BCUT2D eigenvalue weighted by Gasteiger charge is 2.28. The van der Waals surface area contributed by atoms with E-state index in [1.54, 1.807) is 7.11 Å². The second-order valence-electron chi connectivity index (χ2n) is 6.98. The van der Waals surface area contributed by atoms with Gasteiger partial charge in [-0.1, -0.05) is 38.8 Å². The molecule has 0 aliphatic heterocycles. The van der Waals surface area contributed by atoms with Crippen molar-refractivity contribution in [1.29, 1.82) is 0 Å². The molecule has 26 heavy (non-hydrogen) atoms. The first kappa shape index (κ1) is 20.1. The topological polar surface area (TPSA) is 76.7 Å². The fourth-order valence-corrected chi connectivity index (χ4v) is 3.34. The molecular formula is C20H30N2O4. The summed E-state index contributed by atoms with van der Waals surface area (Å²) in [5.74, 6) is 1.16. The van der Waals surface area contributed by atoms with Gasteiger partial charge in [0.2, 0.25) is 0 Å². The highest BCUT2D eigenvalue weighted by Crippen LogP contribution is 2.29. The Morgan fingerprint density at radius 2 is 1.96 bits per heavy atom. The van der Waals surface area contributed by atoms with Crippen LogP contribution in [0.4, 0.5) is 5.69 Å². The zero-order chi connectivity index (χ0) is 18.9. The first-order valence-electron chi connectivity index (χ1n) is 9.33. The van der Waals surface area contributed by atoms with Crippen molar-refractivity contribution >= 4 is 17.6 Å². The van der Waals surface area contributed by atoms with E-state index in [-0.39, 0.29) is 25.0 Å². The summed E-state index contributed by atoms with van der Waals surface area (Å²) in [7, 11) is 1.60. The molecule has 0 radical (unpaired) electrons. The minimum atomic E-state index is -0.396. The molecule has 1 aromatic carbocycles. The maximum absolute atomic E-state index is 12.0. The number of carbonyl (C=O) groups is 2. The van der Waals surface area contributed by atoms with Crippen LogP contribution in [0.25, 0.3) is 0 Å². The van der Waals surface area contributed by atoms with Gasteiger partial charge in [-0.3, -0.25) is 9.59 Å². The van der Waals surface area contributed by atoms with Gasteiger partial charge in [-0.05, 0) is 30.4 Å². The molecule has 0 heterocycles. The Kier molecular flexibility index (Phi) is 7.75. The number of benzene rings is 1. The van der Waals surface area contributed by atoms with Crippen LogP contribution in [0, 0.1) is 11.8 Å². The molecule has 1 amide bonds. The summed E-state index contributed by atoms with van der Waals surface area (Å²) in [6.07, 6.45) is 3.52. The SMILES string of the molecule is COc1ccccc1NCCC(=O)OCC(=O)N[C@H]1CCC[C@@H](C)[C@H]1C. The minimum Gasteiger partial charge on any atom is -0.495 e. The summed E-state index contributed by atoms with van der Waals surface area (Å²) < 4.78 is 10.3. The van der Waals surface area contributed by atoms with Crippen LogP contribution in [-0.4, -0.2) is 38.2 Å². The lowest BCUT2D eigenvalue weighted by Gasteiger charge is -2.34. The van der Waals surface area contributed by atoms with E-state index in [0.29, 0.717) is 18.4 Å². The number of hydrogen-bond acceptors (Lipinski definition) is 5. The maximum atomic E-state index is 12.0. The van der Waals surface area contributed by atoms with E-state index < -0.39 is 5.97 Å². The van der Waals surface area contributed by atoms with Crippen molar-refractivity contribution in [2.45, 2.75) is 45.6 Å². The minimum absolute atomic E-state index is 0.178. The number of methoxy groups -OCH3 is 1. The smallest absolute Gasteiger partial charge is 0.308 e. The highest BCUT2D eigenvalue weighted by molar-refractivity contribution is 5.80. The Balaban J connectivity index is 1.66. The lowest BCUT2D eigenvalue weighted by atomic mass is 9.78. The number of carbonyl (C=O) groups excluding carboxylic acids is 2. The van der Waals surface area contributed by atoms with E-state index in [2.05, 4.69) is 24.5 Å². The summed E-state index contributed by atoms with van der Waals surface area (Å²) in [6, 6.07) is 7.67. The molecule has 0 aromatic heterocycles. The monoisotopic (exact) mass is 362 g/mol. The second kappa shape index (κ2) is 10.0. The third-order valence-electron chi connectivity index (χ3n) is 5.17. The number of ether oxygens (including phenoxy) is 2. The van der Waals surface area contributed by atoms with Crippen LogP contribution < -0.4 is 15.4 Å². The molecule has 0 spiro atoms. The normalized spacial score (nSPS) is 22.3. The van der Waals surface area contributed by atoms with Gasteiger partial charge in [-0.25, -0.2) is 0 Å². The predicted molar refractivity (Wildman–Crippen MR) is 101 cm³/mol. The Bertz CT molecular complexity index is 605. The lowest BCUT2D eigenvalue weighted by molar-refractivity contribution is -0.148. The summed E-state index contributed by atoms with van der Waals surface area (Å²) >= 11 is 0. The average molecular weight is 362 g/mol. The van der Waals surface area contributed by atoms with Gasteiger partial charge in [-0.2, -0.15) is 0 Å². The molecule has 3 atom stereocenters. The highest BCUT2D eigenvalue weighted by atomic mass is 16.5. The average Bonchev–Trinajstić information content (AvgIpc) is 2.64. The van der Waals surface area contributed by atoms with Crippen molar-refractivity contribution in [3.05, 3.63) is 24.3 Å². The van der Waals surface area contributed by atoms with Crippen molar-refractivity contribution < 1.29 is 19.1 Å². The molecule has 1 saturated carbocycles. The quantitative estimate of drug-likeness (QED) is 0.695. The van der Waals surface area contributed by atoms with Gasteiger partial charge < -0.3 is 20.1 Å².